The monoisotopic (exact) mass is 597 g/mol. The Morgan fingerprint density at radius 1 is 0.977 bits per heavy atom. The summed E-state index contributed by atoms with van der Waals surface area (Å²) in [5.74, 6) is 3.54. The molecule has 4 aromatic heterocycles. The standard InChI is InChI=1S/C31H26F3N7OSi/c1-43(2,3)9-8-20-4-6-28(27(32)10-20)42-25-18-39(19-25)29-7-5-21(13-36-29)26-11-22(24-15-38-41(17-24)31(33)34)16-40-30(26)23(12-35)14-37-40/h4-7,10-11,13-17,25,31H,18-19H2,1-3H3. The van der Waals surface area contributed by atoms with Gasteiger partial charge in [-0.3, -0.25) is 0 Å². The molecule has 5 aromatic rings. The molecule has 0 aliphatic carbocycles. The van der Waals surface area contributed by atoms with E-state index in [1.807, 2.05) is 23.1 Å². The van der Waals surface area contributed by atoms with Gasteiger partial charge in [0.2, 0.25) is 0 Å². The lowest BCUT2D eigenvalue weighted by Gasteiger charge is -2.39. The quantitative estimate of drug-likeness (QED) is 0.172. The Kier molecular flexibility index (Phi) is 7.16. The number of hydrogen-bond acceptors (Lipinski definition) is 6. The zero-order valence-corrected chi connectivity index (χ0v) is 24.6. The summed E-state index contributed by atoms with van der Waals surface area (Å²) in [6.07, 6.45) is 7.26. The molecule has 216 valence electrons. The molecule has 0 amide bonds. The first-order valence-electron chi connectivity index (χ1n) is 13.5. The molecule has 1 aliphatic rings. The second-order valence-corrected chi connectivity index (χ2v) is 16.0. The van der Waals surface area contributed by atoms with Gasteiger partial charge in [0.25, 0.3) is 0 Å². The van der Waals surface area contributed by atoms with Gasteiger partial charge in [-0.05, 0) is 36.4 Å². The first-order valence-corrected chi connectivity index (χ1v) is 17.0. The molecule has 0 N–H and O–H groups in total. The summed E-state index contributed by atoms with van der Waals surface area (Å²) < 4.78 is 48.9. The fourth-order valence-corrected chi connectivity index (χ4v) is 5.24. The third-order valence-electron chi connectivity index (χ3n) is 6.91. The van der Waals surface area contributed by atoms with E-state index in [2.05, 4.69) is 52.4 Å². The summed E-state index contributed by atoms with van der Waals surface area (Å²) in [7, 11) is -1.56. The van der Waals surface area contributed by atoms with Gasteiger partial charge < -0.3 is 9.64 Å². The summed E-state index contributed by atoms with van der Waals surface area (Å²) in [5, 5.41) is 17.7. The molecule has 12 heteroatoms. The summed E-state index contributed by atoms with van der Waals surface area (Å²) in [6.45, 7) is 4.73. The number of rotatable bonds is 6. The van der Waals surface area contributed by atoms with Crippen molar-refractivity contribution in [2.24, 2.45) is 0 Å². The number of fused-ring (bicyclic) bond motifs is 1. The molecule has 1 fully saturated rings. The second kappa shape index (κ2) is 11.0. The third-order valence-corrected chi connectivity index (χ3v) is 7.78. The van der Waals surface area contributed by atoms with Crippen molar-refractivity contribution in [3.8, 4) is 45.5 Å². The van der Waals surface area contributed by atoms with Crippen molar-refractivity contribution in [2.75, 3.05) is 18.0 Å². The maximum absolute atomic E-state index is 14.7. The van der Waals surface area contributed by atoms with E-state index in [9.17, 15) is 18.4 Å². The van der Waals surface area contributed by atoms with Crippen LogP contribution in [0, 0.1) is 28.6 Å². The van der Waals surface area contributed by atoms with Crippen molar-refractivity contribution in [1.29, 1.82) is 5.26 Å². The van der Waals surface area contributed by atoms with Crippen molar-refractivity contribution in [3.63, 3.8) is 0 Å². The average molecular weight is 598 g/mol. The maximum atomic E-state index is 14.7. The van der Waals surface area contributed by atoms with Gasteiger partial charge in [-0.25, -0.2) is 18.6 Å². The normalized spacial score (nSPS) is 13.5. The van der Waals surface area contributed by atoms with Crippen molar-refractivity contribution in [2.45, 2.75) is 32.3 Å². The molecule has 0 radical (unpaired) electrons. The highest BCUT2D eigenvalue weighted by Gasteiger charge is 2.30. The molecule has 0 spiro atoms. The van der Waals surface area contributed by atoms with E-state index in [0.29, 0.717) is 51.1 Å². The minimum Gasteiger partial charge on any atom is -0.484 e. The Morgan fingerprint density at radius 3 is 2.44 bits per heavy atom. The highest BCUT2D eigenvalue weighted by molar-refractivity contribution is 6.83. The number of benzene rings is 1. The van der Waals surface area contributed by atoms with Crippen LogP contribution >= 0.6 is 0 Å². The minimum atomic E-state index is -2.76. The van der Waals surface area contributed by atoms with Crippen molar-refractivity contribution in [1.82, 2.24) is 24.4 Å². The zero-order valence-electron chi connectivity index (χ0n) is 23.6. The molecule has 0 saturated carbocycles. The summed E-state index contributed by atoms with van der Waals surface area (Å²) in [4.78, 5) is 6.64. The fraction of sp³-hybridized carbons (Fsp3) is 0.226. The SMILES string of the molecule is C[Si](C)(C)C#Cc1ccc(OC2CN(c3ccc(-c4cc(-c5cnn(C(F)F)c5)cn5ncc(C#N)c45)cn3)C2)c(F)c1. The van der Waals surface area contributed by atoms with Gasteiger partial charge in [0, 0.05) is 46.4 Å². The Labute approximate surface area is 247 Å². The lowest BCUT2D eigenvalue weighted by molar-refractivity contribution is 0.0566. The van der Waals surface area contributed by atoms with Gasteiger partial charge in [0.15, 0.2) is 11.6 Å². The summed E-state index contributed by atoms with van der Waals surface area (Å²) in [5.41, 5.74) is 7.32. The second-order valence-electron chi connectivity index (χ2n) is 11.3. The van der Waals surface area contributed by atoms with E-state index in [-0.39, 0.29) is 11.9 Å². The van der Waals surface area contributed by atoms with Crippen molar-refractivity contribution < 1.29 is 17.9 Å². The fourth-order valence-electron chi connectivity index (χ4n) is 4.72. The highest BCUT2D eigenvalue weighted by atomic mass is 28.3. The number of alkyl halides is 2. The predicted molar refractivity (Wildman–Crippen MR) is 159 cm³/mol. The molecule has 8 nitrogen and oxygen atoms in total. The van der Waals surface area contributed by atoms with Crippen LogP contribution in [0.3, 0.4) is 0 Å². The van der Waals surface area contributed by atoms with Gasteiger partial charge in [-0.2, -0.15) is 24.2 Å². The molecule has 1 saturated heterocycles. The van der Waals surface area contributed by atoms with E-state index >= 15 is 0 Å². The average Bonchev–Trinajstić information content (AvgIpc) is 3.62. The van der Waals surface area contributed by atoms with Crippen molar-refractivity contribution in [3.05, 3.63) is 84.3 Å². The van der Waals surface area contributed by atoms with Gasteiger partial charge in [0.05, 0.1) is 36.6 Å². The number of pyridine rings is 2. The van der Waals surface area contributed by atoms with Gasteiger partial charge in [0.1, 0.15) is 26.1 Å². The lowest BCUT2D eigenvalue weighted by Crippen LogP contribution is -2.54. The number of aromatic nitrogens is 5. The Balaban J connectivity index is 1.18. The smallest absolute Gasteiger partial charge is 0.333 e. The largest absolute Gasteiger partial charge is 0.484 e. The first kappa shape index (κ1) is 28.1. The molecule has 43 heavy (non-hydrogen) atoms. The Morgan fingerprint density at radius 2 is 1.79 bits per heavy atom. The number of nitrogens with zero attached hydrogens (tertiary/aromatic N) is 7. The van der Waals surface area contributed by atoms with Gasteiger partial charge in [-0.1, -0.05) is 25.6 Å². The predicted octanol–water partition coefficient (Wildman–Crippen LogP) is 6.16. The molecule has 1 aliphatic heterocycles. The number of ether oxygens (including phenoxy) is 1. The van der Waals surface area contributed by atoms with Crippen LogP contribution in [0.2, 0.25) is 19.6 Å². The minimum absolute atomic E-state index is 0.190. The van der Waals surface area contributed by atoms with Crippen LogP contribution in [0.5, 0.6) is 5.75 Å². The van der Waals surface area contributed by atoms with Crippen LogP contribution in [0.1, 0.15) is 17.7 Å². The van der Waals surface area contributed by atoms with E-state index < -0.39 is 20.4 Å². The van der Waals surface area contributed by atoms with Crippen LogP contribution in [0.4, 0.5) is 19.0 Å². The zero-order chi connectivity index (χ0) is 30.3. The Hall–Kier alpha value is -5.07. The van der Waals surface area contributed by atoms with Crippen LogP contribution < -0.4 is 9.64 Å². The van der Waals surface area contributed by atoms with Crippen LogP contribution in [0.25, 0.3) is 27.8 Å². The van der Waals surface area contributed by atoms with Gasteiger partial charge >= 0.3 is 6.55 Å². The van der Waals surface area contributed by atoms with E-state index in [4.69, 9.17) is 4.74 Å². The molecule has 0 atom stereocenters. The number of halogens is 3. The molecule has 0 bridgehead atoms. The van der Waals surface area contributed by atoms with Crippen LogP contribution in [-0.2, 0) is 0 Å². The topological polar surface area (TPSA) is 84.3 Å². The number of nitriles is 1. The summed E-state index contributed by atoms with van der Waals surface area (Å²) >= 11 is 0. The highest BCUT2D eigenvalue weighted by Crippen LogP contribution is 2.33. The van der Waals surface area contributed by atoms with Crippen LogP contribution in [0.15, 0.2) is 67.4 Å². The maximum Gasteiger partial charge on any atom is 0.333 e. The number of anilines is 1. The lowest BCUT2D eigenvalue weighted by atomic mass is 10.0. The van der Waals surface area contributed by atoms with E-state index in [1.165, 1.54) is 24.7 Å². The number of hydrogen-bond donors (Lipinski definition) is 0. The first-order chi connectivity index (χ1) is 20.6. The third kappa shape index (κ3) is 5.83. The Bertz CT molecular complexity index is 1920. The van der Waals surface area contributed by atoms with Crippen molar-refractivity contribution >= 4 is 19.4 Å². The molecule has 6 rings (SSSR count). The molecular weight excluding hydrogens is 571 g/mol. The molecule has 5 heterocycles. The summed E-state index contributed by atoms with van der Waals surface area (Å²) in [6, 6.07) is 12.5. The molecule has 0 unspecified atom stereocenters. The van der Waals surface area contributed by atoms with E-state index in [1.54, 1.807) is 29.0 Å². The van der Waals surface area contributed by atoms with E-state index in [0.717, 1.165) is 11.4 Å². The molecular formula is C31H26F3N7OSi. The molecule has 1 aromatic carbocycles. The van der Waals surface area contributed by atoms with Gasteiger partial charge in [-0.15, -0.1) is 5.54 Å². The van der Waals surface area contributed by atoms with Crippen LogP contribution in [-0.4, -0.2) is 51.6 Å².